The maximum atomic E-state index is 12.4. The van der Waals surface area contributed by atoms with Crippen LogP contribution in [-0.2, 0) is 9.84 Å². The summed E-state index contributed by atoms with van der Waals surface area (Å²) in [6, 6.07) is 20.0. The number of nitrogens with one attached hydrogen (secondary N) is 1. The highest BCUT2D eigenvalue weighted by Gasteiger charge is 2.12. The summed E-state index contributed by atoms with van der Waals surface area (Å²) < 4.78 is 23.3. The van der Waals surface area contributed by atoms with Crippen LogP contribution in [0.1, 0.15) is 21.5 Å². The predicted octanol–water partition coefficient (Wildman–Crippen LogP) is 5.11. The van der Waals surface area contributed by atoms with Crippen molar-refractivity contribution in [3.05, 3.63) is 83.4 Å². The summed E-state index contributed by atoms with van der Waals surface area (Å²) in [5.41, 5.74) is 3.39. The molecule has 0 radical (unpaired) electrons. The van der Waals surface area contributed by atoms with Crippen molar-refractivity contribution in [1.29, 1.82) is 0 Å². The topological polar surface area (TPSA) is 63.2 Å². The van der Waals surface area contributed by atoms with Crippen molar-refractivity contribution >= 4 is 33.2 Å². The number of carbonyl (C=O) groups excluding carboxylic acids is 1. The van der Waals surface area contributed by atoms with Gasteiger partial charge in [-0.05, 0) is 73.5 Å². The number of anilines is 1. The molecule has 3 aromatic carbocycles. The first-order valence-corrected chi connectivity index (χ1v) is 11.4. The standard InChI is InChI=1S/C22H21NO3S2/c1-15-7-8-16(2)21(13-15)27-19-11-9-18(10-12-19)23-22(24)17-5-4-6-20(14-17)28(3,25)26/h4-14H,1-3H3,(H,23,24). The Labute approximate surface area is 169 Å². The minimum Gasteiger partial charge on any atom is -0.322 e. The zero-order chi connectivity index (χ0) is 20.3. The van der Waals surface area contributed by atoms with Crippen LogP contribution in [0.25, 0.3) is 0 Å². The van der Waals surface area contributed by atoms with E-state index in [0.29, 0.717) is 11.3 Å². The van der Waals surface area contributed by atoms with Crippen LogP contribution in [0.15, 0.2) is 81.4 Å². The van der Waals surface area contributed by atoms with E-state index in [1.165, 1.54) is 28.2 Å². The summed E-state index contributed by atoms with van der Waals surface area (Å²) in [5, 5.41) is 2.81. The van der Waals surface area contributed by atoms with Crippen LogP contribution in [0.4, 0.5) is 5.69 Å². The molecule has 0 heterocycles. The number of amides is 1. The summed E-state index contributed by atoms with van der Waals surface area (Å²) in [5.74, 6) is -0.347. The van der Waals surface area contributed by atoms with Crippen molar-refractivity contribution in [3.63, 3.8) is 0 Å². The van der Waals surface area contributed by atoms with E-state index in [4.69, 9.17) is 0 Å². The van der Waals surface area contributed by atoms with Gasteiger partial charge < -0.3 is 5.32 Å². The number of benzene rings is 3. The molecule has 1 amide bonds. The van der Waals surface area contributed by atoms with Gasteiger partial charge in [-0.3, -0.25) is 4.79 Å². The second kappa shape index (κ2) is 8.20. The van der Waals surface area contributed by atoms with Crippen molar-refractivity contribution in [2.75, 3.05) is 11.6 Å². The smallest absolute Gasteiger partial charge is 0.255 e. The zero-order valence-electron chi connectivity index (χ0n) is 15.9. The quantitative estimate of drug-likeness (QED) is 0.634. The maximum absolute atomic E-state index is 12.4. The monoisotopic (exact) mass is 411 g/mol. The average molecular weight is 412 g/mol. The lowest BCUT2D eigenvalue weighted by Crippen LogP contribution is -2.12. The van der Waals surface area contributed by atoms with Crippen LogP contribution in [0.5, 0.6) is 0 Å². The molecule has 3 aromatic rings. The molecule has 0 saturated heterocycles. The Hall–Kier alpha value is -2.57. The molecule has 0 atom stereocenters. The SMILES string of the molecule is Cc1ccc(C)c(Sc2ccc(NC(=O)c3cccc(S(C)(=O)=O)c3)cc2)c1. The fourth-order valence-electron chi connectivity index (χ4n) is 2.62. The molecule has 0 aliphatic carbocycles. The van der Waals surface area contributed by atoms with Gasteiger partial charge in [0.15, 0.2) is 9.84 Å². The van der Waals surface area contributed by atoms with Crippen LogP contribution in [0, 0.1) is 13.8 Å². The van der Waals surface area contributed by atoms with E-state index in [2.05, 4.69) is 37.4 Å². The molecule has 28 heavy (non-hydrogen) atoms. The van der Waals surface area contributed by atoms with Gasteiger partial charge >= 0.3 is 0 Å². The van der Waals surface area contributed by atoms with Gasteiger partial charge in [-0.15, -0.1) is 0 Å². The fraction of sp³-hybridized carbons (Fsp3) is 0.136. The average Bonchev–Trinajstić information content (AvgIpc) is 2.65. The maximum Gasteiger partial charge on any atom is 0.255 e. The summed E-state index contributed by atoms with van der Waals surface area (Å²) in [6.45, 7) is 4.15. The number of aryl methyl sites for hydroxylation is 2. The number of hydrogen-bond acceptors (Lipinski definition) is 4. The molecule has 0 bridgehead atoms. The molecular formula is C22H21NO3S2. The van der Waals surface area contributed by atoms with Gasteiger partial charge in [-0.25, -0.2) is 8.42 Å². The van der Waals surface area contributed by atoms with Crippen molar-refractivity contribution in [2.45, 2.75) is 28.5 Å². The van der Waals surface area contributed by atoms with Crippen LogP contribution in [0.3, 0.4) is 0 Å². The lowest BCUT2D eigenvalue weighted by Gasteiger charge is -2.09. The largest absolute Gasteiger partial charge is 0.322 e. The summed E-state index contributed by atoms with van der Waals surface area (Å²) in [7, 11) is -3.36. The summed E-state index contributed by atoms with van der Waals surface area (Å²) >= 11 is 1.68. The van der Waals surface area contributed by atoms with E-state index < -0.39 is 9.84 Å². The van der Waals surface area contributed by atoms with Crippen molar-refractivity contribution in [3.8, 4) is 0 Å². The van der Waals surface area contributed by atoms with Gasteiger partial charge in [0.05, 0.1) is 4.90 Å². The molecule has 0 saturated carbocycles. The third-order valence-corrected chi connectivity index (χ3v) is 6.49. The van der Waals surface area contributed by atoms with Crippen LogP contribution >= 0.6 is 11.8 Å². The minimum atomic E-state index is -3.36. The van der Waals surface area contributed by atoms with E-state index in [1.807, 2.05) is 24.3 Å². The molecule has 0 spiro atoms. The van der Waals surface area contributed by atoms with Gasteiger partial charge in [0.25, 0.3) is 5.91 Å². The molecule has 1 N–H and O–H groups in total. The van der Waals surface area contributed by atoms with E-state index in [0.717, 1.165) is 11.2 Å². The van der Waals surface area contributed by atoms with Gasteiger partial charge in [-0.2, -0.15) is 0 Å². The highest BCUT2D eigenvalue weighted by atomic mass is 32.2. The third-order valence-electron chi connectivity index (χ3n) is 4.21. The predicted molar refractivity (Wildman–Crippen MR) is 114 cm³/mol. The Morgan fingerprint density at radius 1 is 0.929 bits per heavy atom. The number of sulfone groups is 1. The third kappa shape index (κ3) is 5.03. The van der Waals surface area contributed by atoms with Crippen LogP contribution in [-0.4, -0.2) is 20.6 Å². The number of carbonyl (C=O) groups is 1. The molecule has 0 fully saturated rings. The Bertz CT molecular complexity index is 1120. The lowest BCUT2D eigenvalue weighted by atomic mass is 10.2. The van der Waals surface area contributed by atoms with E-state index in [-0.39, 0.29) is 10.8 Å². The number of hydrogen-bond donors (Lipinski definition) is 1. The second-order valence-corrected chi connectivity index (χ2v) is 9.78. The fourth-order valence-corrected chi connectivity index (χ4v) is 4.29. The molecule has 0 aliphatic rings. The van der Waals surface area contributed by atoms with E-state index in [9.17, 15) is 13.2 Å². The van der Waals surface area contributed by atoms with E-state index in [1.54, 1.807) is 23.9 Å². The summed E-state index contributed by atoms with van der Waals surface area (Å²) in [4.78, 5) is 14.8. The lowest BCUT2D eigenvalue weighted by molar-refractivity contribution is 0.102. The first-order chi connectivity index (χ1) is 13.2. The highest BCUT2D eigenvalue weighted by molar-refractivity contribution is 7.99. The Morgan fingerprint density at radius 3 is 2.32 bits per heavy atom. The Balaban J connectivity index is 1.72. The normalized spacial score (nSPS) is 11.2. The molecule has 4 nitrogen and oxygen atoms in total. The zero-order valence-corrected chi connectivity index (χ0v) is 17.5. The van der Waals surface area contributed by atoms with Crippen molar-refractivity contribution in [2.24, 2.45) is 0 Å². The first kappa shape index (κ1) is 20.2. The van der Waals surface area contributed by atoms with Crippen LogP contribution < -0.4 is 5.32 Å². The van der Waals surface area contributed by atoms with Crippen LogP contribution in [0.2, 0.25) is 0 Å². The van der Waals surface area contributed by atoms with Crippen molar-refractivity contribution in [1.82, 2.24) is 0 Å². The molecule has 0 aliphatic heterocycles. The van der Waals surface area contributed by atoms with Crippen molar-refractivity contribution < 1.29 is 13.2 Å². The van der Waals surface area contributed by atoms with Gasteiger partial charge in [0, 0.05) is 27.3 Å². The Morgan fingerprint density at radius 2 is 1.64 bits per heavy atom. The number of rotatable bonds is 5. The van der Waals surface area contributed by atoms with E-state index >= 15 is 0 Å². The first-order valence-electron chi connectivity index (χ1n) is 8.69. The molecular weight excluding hydrogens is 390 g/mol. The van der Waals surface area contributed by atoms with Gasteiger partial charge in [0.2, 0.25) is 0 Å². The molecule has 144 valence electrons. The second-order valence-electron chi connectivity index (χ2n) is 6.65. The Kier molecular flexibility index (Phi) is 5.91. The van der Waals surface area contributed by atoms with Gasteiger partial charge in [0.1, 0.15) is 0 Å². The minimum absolute atomic E-state index is 0.125. The molecule has 6 heteroatoms. The van der Waals surface area contributed by atoms with Gasteiger partial charge in [-0.1, -0.05) is 30.0 Å². The molecule has 0 aromatic heterocycles. The molecule has 0 unspecified atom stereocenters. The highest BCUT2D eigenvalue weighted by Crippen LogP contribution is 2.31. The summed E-state index contributed by atoms with van der Waals surface area (Å²) in [6.07, 6.45) is 1.12. The molecule has 3 rings (SSSR count).